The van der Waals surface area contributed by atoms with Crippen LogP contribution in [-0.4, -0.2) is 11.3 Å². The Balaban J connectivity index is 2.56. The highest BCUT2D eigenvalue weighted by Gasteiger charge is 2.06. The molecule has 16 heavy (non-hydrogen) atoms. The van der Waals surface area contributed by atoms with E-state index in [0.29, 0.717) is 5.56 Å². The van der Waals surface area contributed by atoms with Crippen LogP contribution in [0.1, 0.15) is 15.9 Å². The second-order valence-corrected chi connectivity index (χ2v) is 3.53. The second-order valence-electron chi connectivity index (χ2n) is 3.53. The molecule has 0 unspecified atom stereocenters. The first-order chi connectivity index (χ1) is 7.72. The number of hydrogen-bond acceptors (Lipinski definition) is 2. The Kier molecular flexibility index (Phi) is 2.77. The van der Waals surface area contributed by atoms with E-state index >= 15 is 0 Å². The lowest BCUT2D eigenvalue weighted by Crippen LogP contribution is -1.92. The molecule has 0 N–H and O–H groups in total. The molecule has 0 aliphatic rings. The van der Waals surface area contributed by atoms with Gasteiger partial charge in [-0.2, -0.15) is 0 Å². The number of pyridine rings is 1. The van der Waals surface area contributed by atoms with Gasteiger partial charge in [-0.25, -0.2) is 4.39 Å². The summed E-state index contributed by atoms with van der Waals surface area (Å²) in [6.07, 6.45) is 3.97. The molecule has 0 aliphatic carbocycles. The van der Waals surface area contributed by atoms with Gasteiger partial charge in [-0.1, -0.05) is 12.1 Å². The van der Waals surface area contributed by atoms with Crippen molar-refractivity contribution in [2.45, 2.75) is 6.92 Å². The summed E-state index contributed by atoms with van der Waals surface area (Å²) in [4.78, 5) is 14.8. The lowest BCUT2D eigenvalue weighted by Gasteiger charge is -2.06. The van der Waals surface area contributed by atoms with Crippen LogP contribution < -0.4 is 0 Å². The van der Waals surface area contributed by atoms with E-state index in [2.05, 4.69) is 4.98 Å². The average molecular weight is 215 g/mol. The molecule has 2 aromatic rings. The third-order valence-electron chi connectivity index (χ3n) is 2.54. The molecular weight excluding hydrogens is 205 g/mol. The first-order valence-electron chi connectivity index (χ1n) is 4.88. The second kappa shape index (κ2) is 4.23. The highest BCUT2D eigenvalue weighted by molar-refractivity contribution is 5.81. The zero-order chi connectivity index (χ0) is 11.5. The largest absolute Gasteiger partial charge is 0.298 e. The maximum absolute atomic E-state index is 12.8. The minimum Gasteiger partial charge on any atom is -0.298 e. The topological polar surface area (TPSA) is 30.0 Å². The van der Waals surface area contributed by atoms with E-state index in [1.165, 1.54) is 18.3 Å². The number of hydrogen-bond donors (Lipinski definition) is 0. The summed E-state index contributed by atoms with van der Waals surface area (Å²) in [5.74, 6) is -0.277. The normalized spacial score (nSPS) is 10.1. The van der Waals surface area contributed by atoms with Crippen molar-refractivity contribution in [1.82, 2.24) is 4.98 Å². The van der Waals surface area contributed by atoms with Gasteiger partial charge in [0.05, 0.1) is 0 Å². The Morgan fingerprint density at radius 2 is 1.88 bits per heavy atom. The molecule has 2 rings (SSSR count). The van der Waals surface area contributed by atoms with Crippen molar-refractivity contribution in [1.29, 1.82) is 0 Å². The van der Waals surface area contributed by atoms with Gasteiger partial charge in [0, 0.05) is 23.5 Å². The Hall–Kier alpha value is -2.03. The quantitative estimate of drug-likeness (QED) is 0.721. The van der Waals surface area contributed by atoms with Gasteiger partial charge >= 0.3 is 0 Å². The molecule has 0 amide bonds. The van der Waals surface area contributed by atoms with Crippen LogP contribution >= 0.6 is 0 Å². The van der Waals surface area contributed by atoms with Crippen LogP contribution in [0.25, 0.3) is 11.1 Å². The third-order valence-corrected chi connectivity index (χ3v) is 2.54. The van der Waals surface area contributed by atoms with Crippen LogP contribution in [0, 0.1) is 12.7 Å². The number of carbonyl (C=O) groups is 1. The molecule has 80 valence electrons. The van der Waals surface area contributed by atoms with E-state index in [1.807, 2.05) is 6.92 Å². The fourth-order valence-corrected chi connectivity index (χ4v) is 1.58. The van der Waals surface area contributed by atoms with Crippen LogP contribution in [0.15, 0.2) is 36.7 Å². The molecule has 1 heterocycles. The molecular formula is C13H10FNO. The molecule has 0 saturated heterocycles. The summed E-state index contributed by atoms with van der Waals surface area (Å²) in [6.45, 7) is 1.85. The van der Waals surface area contributed by atoms with E-state index in [-0.39, 0.29) is 5.82 Å². The number of nitrogens with zero attached hydrogens (tertiary/aromatic N) is 1. The summed E-state index contributed by atoms with van der Waals surface area (Å²) in [6, 6.07) is 6.13. The minimum atomic E-state index is -0.277. The van der Waals surface area contributed by atoms with Gasteiger partial charge in [-0.15, -0.1) is 0 Å². The Bertz CT molecular complexity index is 520. The molecule has 1 aromatic heterocycles. The van der Waals surface area contributed by atoms with Crippen molar-refractivity contribution >= 4 is 6.29 Å². The zero-order valence-electron chi connectivity index (χ0n) is 8.77. The maximum atomic E-state index is 12.8. The van der Waals surface area contributed by atoms with Crippen LogP contribution in [0.3, 0.4) is 0 Å². The zero-order valence-corrected chi connectivity index (χ0v) is 8.77. The molecule has 1 aromatic carbocycles. The van der Waals surface area contributed by atoms with Gasteiger partial charge in [-0.3, -0.25) is 9.78 Å². The average Bonchev–Trinajstić information content (AvgIpc) is 2.31. The van der Waals surface area contributed by atoms with E-state index < -0.39 is 0 Å². The van der Waals surface area contributed by atoms with E-state index in [0.717, 1.165) is 23.0 Å². The molecule has 0 saturated carbocycles. The highest BCUT2D eigenvalue weighted by Crippen LogP contribution is 2.24. The fraction of sp³-hybridized carbons (Fsp3) is 0.0769. The van der Waals surface area contributed by atoms with Crippen molar-refractivity contribution in [2.75, 3.05) is 0 Å². The SMILES string of the molecule is Cc1c(C=O)cncc1-c1ccc(F)cc1. The van der Waals surface area contributed by atoms with Crippen molar-refractivity contribution in [2.24, 2.45) is 0 Å². The smallest absolute Gasteiger partial charge is 0.151 e. The minimum absolute atomic E-state index is 0.277. The Labute approximate surface area is 92.8 Å². The van der Waals surface area contributed by atoms with Crippen molar-refractivity contribution in [3.63, 3.8) is 0 Å². The van der Waals surface area contributed by atoms with E-state index in [9.17, 15) is 9.18 Å². The summed E-state index contributed by atoms with van der Waals surface area (Å²) >= 11 is 0. The lowest BCUT2D eigenvalue weighted by atomic mass is 10.00. The van der Waals surface area contributed by atoms with Gasteiger partial charge in [0.15, 0.2) is 6.29 Å². The molecule has 0 fully saturated rings. The van der Waals surface area contributed by atoms with Gasteiger partial charge in [0.25, 0.3) is 0 Å². The van der Waals surface area contributed by atoms with Crippen LogP contribution in [0.5, 0.6) is 0 Å². The molecule has 0 bridgehead atoms. The van der Waals surface area contributed by atoms with Crippen molar-refractivity contribution < 1.29 is 9.18 Å². The number of aromatic nitrogens is 1. The van der Waals surface area contributed by atoms with Gasteiger partial charge in [-0.05, 0) is 30.2 Å². The molecule has 2 nitrogen and oxygen atoms in total. The highest BCUT2D eigenvalue weighted by atomic mass is 19.1. The van der Waals surface area contributed by atoms with E-state index in [4.69, 9.17) is 0 Å². The number of aldehydes is 1. The maximum Gasteiger partial charge on any atom is 0.151 e. The lowest BCUT2D eigenvalue weighted by molar-refractivity contribution is 0.112. The summed E-state index contributed by atoms with van der Waals surface area (Å²) in [5, 5.41) is 0. The molecule has 0 atom stereocenters. The predicted octanol–water partition coefficient (Wildman–Crippen LogP) is 3.01. The van der Waals surface area contributed by atoms with Crippen LogP contribution in [-0.2, 0) is 0 Å². The molecule has 0 spiro atoms. The Morgan fingerprint density at radius 3 is 2.50 bits per heavy atom. The number of carbonyl (C=O) groups excluding carboxylic acids is 1. The van der Waals surface area contributed by atoms with Crippen LogP contribution in [0.2, 0.25) is 0 Å². The van der Waals surface area contributed by atoms with Crippen molar-refractivity contribution in [3.8, 4) is 11.1 Å². The first-order valence-corrected chi connectivity index (χ1v) is 4.88. The number of halogens is 1. The predicted molar refractivity (Wildman–Crippen MR) is 59.8 cm³/mol. The van der Waals surface area contributed by atoms with Gasteiger partial charge < -0.3 is 0 Å². The number of rotatable bonds is 2. The first kappa shape index (κ1) is 10.5. The summed E-state index contributed by atoms with van der Waals surface area (Å²) in [7, 11) is 0. The number of benzene rings is 1. The van der Waals surface area contributed by atoms with Crippen LogP contribution in [0.4, 0.5) is 4.39 Å². The monoisotopic (exact) mass is 215 g/mol. The third kappa shape index (κ3) is 1.84. The molecule has 0 aliphatic heterocycles. The van der Waals surface area contributed by atoms with Crippen molar-refractivity contribution in [3.05, 3.63) is 53.6 Å². The van der Waals surface area contributed by atoms with E-state index in [1.54, 1.807) is 18.3 Å². The Morgan fingerprint density at radius 1 is 1.19 bits per heavy atom. The summed E-state index contributed by atoms with van der Waals surface area (Å²) in [5.41, 5.74) is 3.12. The fourth-order valence-electron chi connectivity index (χ4n) is 1.58. The van der Waals surface area contributed by atoms with Gasteiger partial charge in [0.2, 0.25) is 0 Å². The molecule has 0 radical (unpaired) electrons. The summed E-state index contributed by atoms with van der Waals surface area (Å²) < 4.78 is 12.8. The molecule has 3 heteroatoms. The standard InChI is InChI=1S/C13H10FNO/c1-9-11(8-16)6-15-7-13(9)10-2-4-12(14)5-3-10/h2-8H,1H3. The van der Waals surface area contributed by atoms with Gasteiger partial charge in [0.1, 0.15) is 5.82 Å².